The maximum Gasteiger partial charge on any atom is 0.239 e. The summed E-state index contributed by atoms with van der Waals surface area (Å²) in [4.78, 5) is 24.0. The van der Waals surface area contributed by atoms with E-state index in [1.54, 1.807) is 0 Å². The molecular weight excluding hydrogens is 302 g/mol. The van der Waals surface area contributed by atoms with E-state index in [2.05, 4.69) is 42.8 Å². The van der Waals surface area contributed by atoms with Gasteiger partial charge in [0, 0.05) is 52.4 Å². The number of aliphatic imine (C=N–C) groups is 1. The molecule has 1 amide bonds. The van der Waals surface area contributed by atoms with Gasteiger partial charge in [-0.1, -0.05) is 13.8 Å². The number of rotatable bonds is 5. The van der Waals surface area contributed by atoms with Gasteiger partial charge >= 0.3 is 0 Å². The molecule has 1 unspecified atom stereocenters. The van der Waals surface area contributed by atoms with Gasteiger partial charge in [0.1, 0.15) is 0 Å². The Hall–Kier alpha value is -1.30. The second kappa shape index (κ2) is 9.25. The first kappa shape index (κ1) is 19.0. The molecule has 0 aromatic heterocycles. The summed E-state index contributed by atoms with van der Waals surface area (Å²) in [6.07, 6.45) is 2.31. The quantitative estimate of drug-likeness (QED) is 0.606. The molecule has 2 heterocycles. The Morgan fingerprint density at radius 2 is 1.62 bits per heavy atom. The number of carbonyl (C=O) groups excluding carboxylic acids is 1. The van der Waals surface area contributed by atoms with Crippen LogP contribution in [0.1, 0.15) is 40.5 Å². The number of nitrogens with zero attached hydrogens (tertiary/aromatic N) is 4. The van der Waals surface area contributed by atoms with Gasteiger partial charge in [0.05, 0.1) is 6.04 Å². The lowest BCUT2D eigenvalue weighted by atomic mass is 10.2. The lowest BCUT2D eigenvalue weighted by molar-refractivity contribution is -0.135. The molecule has 138 valence electrons. The van der Waals surface area contributed by atoms with Crippen LogP contribution in [0.5, 0.6) is 0 Å². The molecule has 2 aliphatic rings. The fraction of sp³-hybridized carbons (Fsp3) is 0.889. The first-order valence-corrected chi connectivity index (χ1v) is 9.59. The van der Waals surface area contributed by atoms with Crippen LogP contribution in [0, 0.1) is 5.92 Å². The monoisotopic (exact) mass is 337 g/mol. The van der Waals surface area contributed by atoms with Crippen molar-refractivity contribution in [2.24, 2.45) is 10.9 Å². The van der Waals surface area contributed by atoms with E-state index in [-0.39, 0.29) is 6.04 Å². The second-order valence-electron chi connectivity index (χ2n) is 7.32. The molecule has 0 aliphatic carbocycles. The molecule has 6 heteroatoms. The fourth-order valence-electron chi connectivity index (χ4n) is 3.37. The van der Waals surface area contributed by atoms with Crippen molar-refractivity contribution in [1.82, 2.24) is 20.0 Å². The van der Waals surface area contributed by atoms with Gasteiger partial charge in [-0.3, -0.25) is 14.7 Å². The number of guanidine groups is 1. The number of nitrogens with one attached hydrogen (secondary N) is 1. The minimum absolute atomic E-state index is 0.000405. The van der Waals surface area contributed by atoms with Gasteiger partial charge in [0.15, 0.2) is 5.96 Å². The van der Waals surface area contributed by atoms with E-state index in [1.807, 2.05) is 4.90 Å². The van der Waals surface area contributed by atoms with E-state index in [9.17, 15) is 4.79 Å². The number of hydrogen-bond acceptors (Lipinski definition) is 3. The summed E-state index contributed by atoms with van der Waals surface area (Å²) < 4.78 is 0. The van der Waals surface area contributed by atoms with Crippen molar-refractivity contribution in [3.8, 4) is 0 Å². The summed E-state index contributed by atoms with van der Waals surface area (Å²) in [5, 5.41) is 3.40. The average Bonchev–Trinajstić information content (AvgIpc) is 3.12. The van der Waals surface area contributed by atoms with Crippen molar-refractivity contribution >= 4 is 11.9 Å². The van der Waals surface area contributed by atoms with Gasteiger partial charge in [-0.05, 0) is 32.6 Å². The molecule has 0 aromatic rings. The van der Waals surface area contributed by atoms with Crippen molar-refractivity contribution in [2.75, 3.05) is 52.4 Å². The molecular formula is C18H35N5O. The summed E-state index contributed by atoms with van der Waals surface area (Å²) in [7, 11) is 0. The first-order chi connectivity index (χ1) is 11.5. The molecule has 2 fully saturated rings. The van der Waals surface area contributed by atoms with Crippen molar-refractivity contribution in [1.29, 1.82) is 0 Å². The summed E-state index contributed by atoms with van der Waals surface area (Å²) in [5.41, 5.74) is 0. The Bertz CT molecular complexity index is 423. The smallest absolute Gasteiger partial charge is 0.239 e. The van der Waals surface area contributed by atoms with Gasteiger partial charge in [0.25, 0.3) is 0 Å². The van der Waals surface area contributed by atoms with Crippen LogP contribution < -0.4 is 5.32 Å². The van der Waals surface area contributed by atoms with Crippen LogP contribution in [-0.4, -0.2) is 85.0 Å². The molecule has 6 nitrogen and oxygen atoms in total. The average molecular weight is 338 g/mol. The van der Waals surface area contributed by atoms with Crippen LogP contribution in [0.3, 0.4) is 0 Å². The number of likely N-dealkylation sites (tertiary alicyclic amines) is 1. The fourth-order valence-corrected chi connectivity index (χ4v) is 3.37. The van der Waals surface area contributed by atoms with Gasteiger partial charge in [-0.2, -0.15) is 0 Å². The second-order valence-corrected chi connectivity index (χ2v) is 7.32. The Balaban J connectivity index is 1.86. The van der Waals surface area contributed by atoms with Gasteiger partial charge < -0.3 is 15.1 Å². The highest BCUT2D eigenvalue weighted by Gasteiger charge is 2.30. The van der Waals surface area contributed by atoms with E-state index in [1.165, 1.54) is 0 Å². The molecule has 2 rings (SSSR count). The standard InChI is InChI=1S/C18H35N5O/c1-5-19-18(20-14-15(2)3)23-12-10-21(11-13-23)16(4)17(24)22-8-6-7-9-22/h15-16H,5-14H2,1-4H3,(H,19,20). The molecule has 0 aromatic carbocycles. The summed E-state index contributed by atoms with van der Waals surface area (Å²) in [6, 6.07) is 0.000405. The van der Waals surface area contributed by atoms with Crippen LogP contribution in [0.2, 0.25) is 0 Å². The van der Waals surface area contributed by atoms with Crippen LogP contribution >= 0.6 is 0 Å². The van der Waals surface area contributed by atoms with Crippen LogP contribution in [0.15, 0.2) is 4.99 Å². The first-order valence-electron chi connectivity index (χ1n) is 9.59. The van der Waals surface area contributed by atoms with Gasteiger partial charge in [-0.25, -0.2) is 0 Å². The summed E-state index contributed by atoms with van der Waals surface area (Å²) in [5.74, 6) is 1.89. The summed E-state index contributed by atoms with van der Waals surface area (Å²) in [6.45, 7) is 15.9. The lowest BCUT2D eigenvalue weighted by Gasteiger charge is -2.39. The van der Waals surface area contributed by atoms with E-state index in [4.69, 9.17) is 4.99 Å². The zero-order valence-corrected chi connectivity index (χ0v) is 15.9. The van der Waals surface area contributed by atoms with Crippen molar-refractivity contribution < 1.29 is 4.79 Å². The molecule has 0 saturated carbocycles. The van der Waals surface area contributed by atoms with Crippen LogP contribution in [0.4, 0.5) is 0 Å². The highest BCUT2D eigenvalue weighted by molar-refractivity contribution is 5.82. The SMILES string of the molecule is CCNC(=NCC(C)C)N1CCN(C(C)C(=O)N2CCCC2)CC1. The number of piperazine rings is 1. The maximum absolute atomic E-state index is 12.6. The number of carbonyl (C=O) groups is 1. The Morgan fingerprint density at radius 1 is 1.00 bits per heavy atom. The third kappa shape index (κ3) is 5.10. The zero-order chi connectivity index (χ0) is 17.5. The summed E-state index contributed by atoms with van der Waals surface area (Å²) >= 11 is 0. The van der Waals surface area contributed by atoms with Crippen LogP contribution in [-0.2, 0) is 4.79 Å². The predicted molar refractivity (Wildman–Crippen MR) is 99.2 cm³/mol. The molecule has 1 N–H and O–H groups in total. The molecule has 0 bridgehead atoms. The van der Waals surface area contributed by atoms with Crippen molar-refractivity contribution in [2.45, 2.75) is 46.6 Å². The molecule has 0 spiro atoms. The maximum atomic E-state index is 12.6. The third-order valence-electron chi connectivity index (χ3n) is 4.88. The topological polar surface area (TPSA) is 51.2 Å². The highest BCUT2D eigenvalue weighted by Crippen LogP contribution is 2.14. The van der Waals surface area contributed by atoms with Crippen molar-refractivity contribution in [3.63, 3.8) is 0 Å². The minimum atomic E-state index is 0.000405. The highest BCUT2D eigenvalue weighted by atomic mass is 16.2. The molecule has 24 heavy (non-hydrogen) atoms. The van der Waals surface area contributed by atoms with E-state index < -0.39 is 0 Å². The predicted octanol–water partition coefficient (Wildman–Crippen LogP) is 1.24. The van der Waals surface area contributed by atoms with E-state index in [0.717, 1.165) is 71.2 Å². The molecule has 1 atom stereocenters. The Kier molecular flexibility index (Phi) is 7.34. The number of amides is 1. The normalized spacial score (nSPS) is 21.5. The Morgan fingerprint density at radius 3 is 2.17 bits per heavy atom. The minimum Gasteiger partial charge on any atom is -0.357 e. The van der Waals surface area contributed by atoms with Gasteiger partial charge in [-0.15, -0.1) is 0 Å². The number of hydrogen-bond donors (Lipinski definition) is 1. The Labute approximate surface area is 147 Å². The molecule has 2 aliphatic heterocycles. The van der Waals surface area contributed by atoms with Crippen molar-refractivity contribution in [3.05, 3.63) is 0 Å². The lowest BCUT2D eigenvalue weighted by Crippen LogP contribution is -2.57. The van der Waals surface area contributed by atoms with E-state index >= 15 is 0 Å². The van der Waals surface area contributed by atoms with Gasteiger partial charge in [0.2, 0.25) is 5.91 Å². The zero-order valence-electron chi connectivity index (χ0n) is 15.9. The largest absolute Gasteiger partial charge is 0.357 e. The molecule has 2 saturated heterocycles. The third-order valence-corrected chi connectivity index (χ3v) is 4.88. The van der Waals surface area contributed by atoms with Crippen LogP contribution in [0.25, 0.3) is 0 Å². The molecule has 0 radical (unpaired) electrons. The van der Waals surface area contributed by atoms with E-state index in [0.29, 0.717) is 11.8 Å².